The van der Waals surface area contributed by atoms with Crippen LogP contribution < -0.4 is 10.6 Å². The van der Waals surface area contributed by atoms with Gasteiger partial charge in [-0.2, -0.15) is 15.0 Å². The van der Waals surface area contributed by atoms with Crippen molar-refractivity contribution >= 4 is 52.4 Å². The Kier molecular flexibility index (Phi) is 4.86. The Morgan fingerprint density at radius 2 is 1.50 bits per heavy atom. The van der Waals surface area contributed by atoms with Gasteiger partial charge in [0.2, 0.25) is 17.2 Å². The van der Waals surface area contributed by atoms with Gasteiger partial charge in [-0.3, -0.25) is 0 Å². The third-order valence-electron chi connectivity index (χ3n) is 3.42. The highest BCUT2D eigenvalue weighted by Crippen LogP contribution is 2.25. The molecular formula is C14H14Cl3N5. The van der Waals surface area contributed by atoms with Gasteiger partial charge in [0.25, 0.3) is 0 Å². The number of hydrogen-bond donors (Lipinski definition) is 2. The monoisotopic (exact) mass is 357 g/mol. The molecule has 22 heavy (non-hydrogen) atoms. The Hall–Kier alpha value is -1.30. The number of halogens is 3. The molecule has 0 atom stereocenters. The summed E-state index contributed by atoms with van der Waals surface area (Å²) in [6.45, 7) is 0. The minimum absolute atomic E-state index is 0.131. The van der Waals surface area contributed by atoms with Crippen LogP contribution in [0.4, 0.5) is 17.6 Å². The lowest BCUT2D eigenvalue weighted by Crippen LogP contribution is -2.17. The van der Waals surface area contributed by atoms with Crippen LogP contribution in [-0.2, 0) is 0 Å². The first-order valence-corrected chi connectivity index (χ1v) is 8.13. The minimum Gasteiger partial charge on any atom is -0.351 e. The van der Waals surface area contributed by atoms with E-state index in [1.807, 2.05) is 0 Å². The van der Waals surface area contributed by atoms with Crippen LogP contribution in [0.1, 0.15) is 25.7 Å². The average Bonchev–Trinajstić information content (AvgIpc) is 2.89. The summed E-state index contributed by atoms with van der Waals surface area (Å²) >= 11 is 17.9. The molecule has 1 heterocycles. The maximum absolute atomic E-state index is 5.98. The number of hydrogen-bond acceptors (Lipinski definition) is 5. The summed E-state index contributed by atoms with van der Waals surface area (Å²) in [7, 11) is 0. The molecule has 0 amide bonds. The predicted molar refractivity (Wildman–Crippen MR) is 90.5 cm³/mol. The average molecular weight is 359 g/mol. The lowest BCUT2D eigenvalue weighted by atomic mass is 10.3. The molecular weight excluding hydrogens is 345 g/mol. The van der Waals surface area contributed by atoms with E-state index in [2.05, 4.69) is 25.6 Å². The molecule has 5 nitrogen and oxygen atoms in total. The fourth-order valence-corrected chi connectivity index (χ4v) is 3.16. The van der Waals surface area contributed by atoms with Crippen LogP contribution in [0.3, 0.4) is 0 Å². The highest BCUT2D eigenvalue weighted by molar-refractivity contribution is 6.35. The van der Waals surface area contributed by atoms with Crippen molar-refractivity contribution in [3.05, 3.63) is 33.5 Å². The second kappa shape index (κ2) is 6.86. The van der Waals surface area contributed by atoms with Crippen molar-refractivity contribution < 1.29 is 0 Å². The Balaban J connectivity index is 1.79. The highest BCUT2D eigenvalue weighted by atomic mass is 35.5. The number of benzene rings is 1. The molecule has 2 aromatic rings. The van der Waals surface area contributed by atoms with Gasteiger partial charge < -0.3 is 10.6 Å². The van der Waals surface area contributed by atoms with Crippen LogP contribution >= 0.6 is 34.8 Å². The lowest BCUT2D eigenvalue weighted by molar-refractivity contribution is 0.742. The number of anilines is 3. The summed E-state index contributed by atoms with van der Waals surface area (Å²) < 4.78 is 0. The van der Waals surface area contributed by atoms with Crippen LogP contribution in [0.5, 0.6) is 0 Å². The topological polar surface area (TPSA) is 62.7 Å². The minimum atomic E-state index is 0.131. The van der Waals surface area contributed by atoms with E-state index in [0.29, 0.717) is 33.7 Å². The Morgan fingerprint density at radius 1 is 0.864 bits per heavy atom. The van der Waals surface area contributed by atoms with E-state index >= 15 is 0 Å². The molecule has 0 bridgehead atoms. The van der Waals surface area contributed by atoms with E-state index in [1.165, 1.54) is 12.8 Å². The first-order chi connectivity index (χ1) is 10.6. The van der Waals surface area contributed by atoms with E-state index in [9.17, 15) is 0 Å². The van der Waals surface area contributed by atoms with Crippen molar-refractivity contribution in [1.29, 1.82) is 0 Å². The fourth-order valence-electron chi connectivity index (χ4n) is 2.48. The SMILES string of the molecule is Clc1cc(Cl)cc(Nc2nc(Cl)nc(NC3CCCC3)n2)c1. The molecule has 0 spiro atoms. The molecule has 2 N–H and O–H groups in total. The van der Waals surface area contributed by atoms with E-state index in [4.69, 9.17) is 34.8 Å². The molecule has 1 aromatic heterocycles. The molecule has 1 saturated carbocycles. The molecule has 3 rings (SSSR count). The van der Waals surface area contributed by atoms with Crippen molar-refractivity contribution in [1.82, 2.24) is 15.0 Å². The van der Waals surface area contributed by atoms with Crippen molar-refractivity contribution in [2.24, 2.45) is 0 Å². The van der Waals surface area contributed by atoms with Gasteiger partial charge in [-0.25, -0.2) is 0 Å². The van der Waals surface area contributed by atoms with E-state index < -0.39 is 0 Å². The first-order valence-electron chi connectivity index (χ1n) is 7.00. The van der Waals surface area contributed by atoms with E-state index in [-0.39, 0.29) is 5.28 Å². The Bertz CT molecular complexity index is 653. The molecule has 1 aliphatic carbocycles. The second-order valence-electron chi connectivity index (χ2n) is 5.16. The van der Waals surface area contributed by atoms with Gasteiger partial charge in [-0.1, -0.05) is 36.0 Å². The zero-order valence-electron chi connectivity index (χ0n) is 11.6. The quantitative estimate of drug-likeness (QED) is 0.811. The second-order valence-corrected chi connectivity index (χ2v) is 6.37. The van der Waals surface area contributed by atoms with E-state index in [1.54, 1.807) is 18.2 Å². The molecule has 1 fully saturated rings. The molecule has 1 aromatic carbocycles. The van der Waals surface area contributed by atoms with Gasteiger partial charge in [-0.15, -0.1) is 0 Å². The molecule has 116 valence electrons. The van der Waals surface area contributed by atoms with Gasteiger partial charge in [0.05, 0.1) is 0 Å². The first kappa shape index (κ1) is 15.6. The third kappa shape index (κ3) is 4.12. The maximum atomic E-state index is 5.98. The zero-order chi connectivity index (χ0) is 15.5. The molecule has 0 unspecified atom stereocenters. The van der Waals surface area contributed by atoms with Crippen LogP contribution in [0.2, 0.25) is 15.3 Å². The maximum Gasteiger partial charge on any atom is 0.233 e. The number of aromatic nitrogens is 3. The zero-order valence-corrected chi connectivity index (χ0v) is 13.9. The molecule has 0 radical (unpaired) electrons. The third-order valence-corrected chi connectivity index (χ3v) is 4.02. The summed E-state index contributed by atoms with van der Waals surface area (Å²) in [4.78, 5) is 12.5. The molecule has 1 aliphatic rings. The van der Waals surface area contributed by atoms with Gasteiger partial charge in [0.15, 0.2) is 0 Å². The normalized spacial score (nSPS) is 15.0. The summed E-state index contributed by atoms with van der Waals surface area (Å²) in [5.41, 5.74) is 0.687. The lowest BCUT2D eigenvalue weighted by Gasteiger charge is -2.13. The van der Waals surface area contributed by atoms with Gasteiger partial charge >= 0.3 is 0 Å². The Morgan fingerprint density at radius 3 is 2.18 bits per heavy atom. The highest BCUT2D eigenvalue weighted by Gasteiger charge is 2.16. The van der Waals surface area contributed by atoms with Crippen molar-refractivity contribution in [3.8, 4) is 0 Å². The van der Waals surface area contributed by atoms with Crippen LogP contribution in [0.15, 0.2) is 18.2 Å². The smallest absolute Gasteiger partial charge is 0.233 e. The fraction of sp³-hybridized carbons (Fsp3) is 0.357. The molecule has 0 saturated heterocycles. The summed E-state index contributed by atoms with van der Waals surface area (Å²) in [6, 6.07) is 5.51. The summed E-state index contributed by atoms with van der Waals surface area (Å²) in [5.74, 6) is 0.821. The number of nitrogens with zero attached hydrogens (tertiary/aromatic N) is 3. The standard InChI is InChI=1S/C14H14Cl3N5/c15-8-5-9(16)7-11(6-8)19-14-21-12(17)20-13(22-14)18-10-3-1-2-4-10/h5-7,10H,1-4H2,(H2,18,19,20,21,22). The van der Waals surface area contributed by atoms with E-state index in [0.717, 1.165) is 12.8 Å². The number of rotatable bonds is 4. The summed E-state index contributed by atoms with van der Waals surface area (Å²) in [6.07, 6.45) is 4.69. The van der Waals surface area contributed by atoms with Crippen LogP contribution in [0.25, 0.3) is 0 Å². The predicted octanol–water partition coefficient (Wildman–Crippen LogP) is 4.93. The molecule has 0 aliphatic heterocycles. The van der Waals surface area contributed by atoms with Crippen LogP contribution in [-0.4, -0.2) is 21.0 Å². The van der Waals surface area contributed by atoms with Gasteiger partial charge in [0.1, 0.15) is 0 Å². The van der Waals surface area contributed by atoms with Crippen molar-refractivity contribution in [2.75, 3.05) is 10.6 Å². The Labute approximate surface area is 143 Å². The van der Waals surface area contributed by atoms with Crippen molar-refractivity contribution in [3.63, 3.8) is 0 Å². The summed E-state index contributed by atoms with van der Waals surface area (Å²) in [5, 5.41) is 7.51. The van der Waals surface area contributed by atoms with Crippen molar-refractivity contribution in [2.45, 2.75) is 31.7 Å². The van der Waals surface area contributed by atoms with Gasteiger partial charge in [-0.05, 0) is 42.6 Å². The largest absolute Gasteiger partial charge is 0.351 e. The molecule has 8 heteroatoms. The van der Waals surface area contributed by atoms with Crippen LogP contribution in [0, 0.1) is 0 Å². The van der Waals surface area contributed by atoms with Gasteiger partial charge in [0, 0.05) is 21.8 Å². The number of nitrogens with one attached hydrogen (secondary N) is 2.